The third-order valence-electron chi connectivity index (χ3n) is 5.29. The predicted molar refractivity (Wildman–Crippen MR) is 106 cm³/mol. The molecule has 0 radical (unpaired) electrons. The summed E-state index contributed by atoms with van der Waals surface area (Å²) in [6.45, 7) is 0. The van der Waals surface area contributed by atoms with Crippen LogP contribution in [0.2, 0.25) is 0 Å². The van der Waals surface area contributed by atoms with E-state index in [0.29, 0.717) is 3.63 Å². The molecular weight excluding hydrogens is 391 g/mol. The number of hydrogen-bond donors (Lipinski definition) is 0. The number of hydrogen-bond acceptors (Lipinski definition) is 0. The molecule has 0 atom stereocenters. The molecule has 1 heteroatoms. The molecule has 4 aromatic carbocycles. The summed E-state index contributed by atoms with van der Waals surface area (Å²) >= 11 is -2.22. The molecule has 0 saturated carbocycles. The minimum atomic E-state index is -2.22. The van der Waals surface area contributed by atoms with Gasteiger partial charge >= 0.3 is 163 Å². The van der Waals surface area contributed by atoms with Crippen molar-refractivity contribution in [3.05, 3.63) is 120 Å². The van der Waals surface area contributed by atoms with Gasteiger partial charge in [-0.1, -0.05) is 0 Å². The first kappa shape index (κ1) is 16.0. The molecule has 0 amide bonds. The normalized spacial score (nSPS) is 12.5. The molecule has 0 spiro atoms. The molecule has 0 saturated heterocycles. The summed E-state index contributed by atoms with van der Waals surface area (Å²) in [5, 5.41) is 0. The molecule has 0 N–H and O–H groups in total. The molecule has 0 aromatic heterocycles. The van der Waals surface area contributed by atoms with E-state index >= 15 is 0 Å². The zero-order valence-electron chi connectivity index (χ0n) is 14.5. The second-order valence-corrected chi connectivity index (χ2v) is 13.0. The molecule has 26 heavy (non-hydrogen) atoms. The molecule has 0 aliphatic heterocycles. The number of fused-ring (bicyclic) bond motifs is 3. The Hall–Kier alpha value is -2.24. The first-order valence-electron chi connectivity index (χ1n) is 9.09. The Labute approximate surface area is 162 Å². The van der Waals surface area contributed by atoms with Gasteiger partial charge in [0.05, 0.1) is 0 Å². The summed E-state index contributed by atoms with van der Waals surface area (Å²) in [5.41, 5.74) is 5.91. The van der Waals surface area contributed by atoms with Gasteiger partial charge in [0.2, 0.25) is 0 Å². The standard InChI is InChI=1S/C13H9.2C6H5.Zr/c1-3-7-12-10(5-1)9-11-6-2-4-8-13(11)12;2*1-2-4-6-5-3-1;/h1-9H;2*1-5H;. The second-order valence-electron chi connectivity index (χ2n) is 6.75. The summed E-state index contributed by atoms with van der Waals surface area (Å²) in [5.74, 6) is 0. The molecule has 123 valence electrons. The van der Waals surface area contributed by atoms with Crippen molar-refractivity contribution in [2.24, 2.45) is 0 Å². The van der Waals surface area contributed by atoms with Crippen molar-refractivity contribution in [3.8, 4) is 11.1 Å². The van der Waals surface area contributed by atoms with E-state index in [1.54, 1.807) is 6.54 Å². The third kappa shape index (κ3) is 2.63. The Morgan fingerprint density at radius 3 is 1.27 bits per heavy atom. The van der Waals surface area contributed by atoms with E-state index < -0.39 is 21.8 Å². The predicted octanol–water partition coefficient (Wildman–Crippen LogP) is 5.03. The Morgan fingerprint density at radius 2 is 0.808 bits per heavy atom. The van der Waals surface area contributed by atoms with Crippen LogP contribution in [0.15, 0.2) is 109 Å². The van der Waals surface area contributed by atoms with Crippen molar-refractivity contribution in [3.63, 3.8) is 0 Å². The zero-order chi connectivity index (χ0) is 17.3. The summed E-state index contributed by atoms with van der Waals surface area (Å²) in [7, 11) is 0. The first-order chi connectivity index (χ1) is 12.9. The summed E-state index contributed by atoms with van der Waals surface area (Å²) in [4.78, 5) is 0. The van der Waals surface area contributed by atoms with Crippen LogP contribution in [-0.2, 0) is 21.8 Å². The van der Waals surface area contributed by atoms with Gasteiger partial charge in [-0.3, -0.25) is 0 Å². The van der Waals surface area contributed by atoms with Crippen LogP contribution in [0.3, 0.4) is 0 Å². The SMILES string of the molecule is c1cc[c]([Zr]([c]2ccccc2)[CH]2c3ccccc3-c3ccccc32)cc1. The molecule has 0 bridgehead atoms. The second kappa shape index (κ2) is 6.82. The Balaban J connectivity index is 1.77. The fourth-order valence-electron chi connectivity index (χ4n) is 4.20. The summed E-state index contributed by atoms with van der Waals surface area (Å²) < 4.78 is 3.67. The van der Waals surface area contributed by atoms with E-state index in [4.69, 9.17) is 0 Å². The van der Waals surface area contributed by atoms with Gasteiger partial charge < -0.3 is 0 Å². The molecule has 1 aliphatic carbocycles. The maximum absolute atomic E-state index is 2.35. The fourth-order valence-corrected chi connectivity index (χ4v) is 12.1. The van der Waals surface area contributed by atoms with Crippen molar-refractivity contribution in [2.75, 3.05) is 0 Å². The molecule has 0 unspecified atom stereocenters. The van der Waals surface area contributed by atoms with Gasteiger partial charge in [0, 0.05) is 0 Å². The Morgan fingerprint density at radius 1 is 0.423 bits per heavy atom. The van der Waals surface area contributed by atoms with Crippen molar-refractivity contribution in [2.45, 2.75) is 3.63 Å². The van der Waals surface area contributed by atoms with Gasteiger partial charge in [0.1, 0.15) is 0 Å². The van der Waals surface area contributed by atoms with Gasteiger partial charge in [-0.25, -0.2) is 0 Å². The molecule has 0 nitrogen and oxygen atoms in total. The van der Waals surface area contributed by atoms with E-state index in [1.807, 2.05) is 0 Å². The average Bonchev–Trinajstić information content (AvgIpc) is 3.05. The van der Waals surface area contributed by atoms with Crippen LogP contribution in [0, 0.1) is 0 Å². The zero-order valence-corrected chi connectivity index (χ0v) is 16.9. The Kier molecular flexibility index (Phi) is 4.19. The van der Waals surface area contributed by atoms with E-state index in [0.717, 1.165) is 0 Å². The van der Waals surface area contributed by atoms with E-state index in [2.05, 4.69) is 109 Å². The van der Waals surface area contributed by atoms with Crippen molar-refractivity contribution in [1.29, 1.82) is 0 Å². The van der Waals surface area contributed by atoms with Crippen molar-refractivity contribution < 1.29 is 21.8 Å². The molecule has 4 aromatic rings. The third-order valence-corrected chi connectivity index (χ3v) is 12.9. The monoisotopic (exact) mass is 409 g/mol. The molecule has 0 fully saturated rings. The van der Waals surface area contributed by atoms with Gasteiger partial charge in [0.25, 0.3) is 0 Å². The van der Waals surface area contributed by atoms with Gasteiger partial charge in [-0.05, 0) is 0 Å². The van der Waals surface area contributed by atoms with Crippen LogP contribution in [-0.4, -0.2) is 0 Å². The molecule has 1 aliphatic rings. The number of benzene rings is 4. The van der Waals surface area contributed by atoms with Crippen LogP contribution < -0.4 is 6.54 Å². The minimum absolute atomic E-state index is 0.537. The Bertz CT molecular complexity index is 953. The average molecular weight is 411 g/mol. The quantitative estimate of drug-likeness (QED) is 0.445. The van der Waals surface area contributed by atoms with E-state index in [1.165, 1.54) is 22.3 Å². The maximum atomic E-state index is 2.35. The van der Waals surface area contributed by atoms with Crippen molar-refractivity contribution >= 4 is 6.54 Å². The number of rotatable bonds is 3. The van der Waals surface area contributed by atoms with Crippen LogP contribution in [0.1, 0.15) is 14.8 Å². The summed E-state index contributed by atoms with van der Waals surface area (Å²) in [6, 6.07) is 40.5. The van der Waals surface area contributed by atoms with E-state index in [9.17, 15) is 0 Å². The molecule has 5 rings (SSSR count). The van der Waals surface area contributed by atoms with E-state index in [-0.39, 0.29) is 0 Å². The van der Waals surface area contributed by atoms with Gasteiger partial charge in [-0.15, -0.1) is 0 Å². The first-order valence-corrected chi connectivity index (χ1v) is 13.0. The van der Waals surface area contributed by atoms with Gasteiger partial charge in [0.15, 0.2) is 0 Å². The van der Waals surface area contributed by atoms with Crippen LogP contribution in [0.5, 0.6) is 0 Å². The molecule has 0 heterocycles. The topological polar surface area (TPSA) is 0 Å². The van der Waals surface area contributed by atoms with Crippen LogP contribution in [0.4, 0.5) is 0 Å². The summed E-state index contributed by atoms with van der Waals surface area (Å²) in [6.07, 6.45) is 0. The van der Waals surface area contributed by atoms with Gasteiger partial charge in [-0.2, -0.15) is 0 Å². The van der Waals surface area contributed by atoms with Crippen LogP contribution in [0.25, 0.3) is 11.1 Å². The van der Waals surface area contributed by atoms with Crippen LogP contribution >= 0.6 is 0 Å². The van der Waals surface area contributed by atoms with Crippen molar-refractivity contribution in [1.82, 2.24) is 0 Å². The fraction of sp³-hybridized carbons (Fsp3) is 0.0400. The molecular formula is C25H19Zr.